The molecule has 2 aromatic carbocycles. The first-order valence-electron chi connectivity index (χ1n) is 8.50. The van der Waals surface area contributed by atoms with Crippen molar-refractivity contribution in [1.29, 1.82) is 0 Å². The fraction of sp³-hybridized carbons (Fsp3) is 0.350. The van der Waals surface area contributed by atoms with Crippen LogP contribution in [0.2, 0.25) is 5.02 Å². The van der Waals surface area contributed by atoms with Crippen molar-refractivity contribution in [2.45, 2.75) is 39.3 Å². The van der Waals surface area contributed by atoms with Gasteiger partial charge in [-0.2, -0.15) is 0 Å². The Morgan fingerprint density at radius 1 is 1.12 bits per heavy atom. The smallest absolute Gasteiger partial charge is 0.317 e. The summed E-state index contributed by atoms with van der Waals surface area (Å²) in [6, 6.07) is 15.2. The highest BCUT2D eigenvalue weighted by molar-refractivity contribution is 6.30. The topological polar surface area (TPSA) is 50.4 Å². The molecule has 2 rings (SSSR count). The average Bonchev–Trinajstić information content (AvgIpc) is 2.55. The second-order valence-corrected chi connectivity index (χ2v) is 6.67. The fourth-order valence-electron chi connectivity index (χ4n) is 2.53. The van der Waals surface area contributed by atoms with Crippen molar-refractivity contribution < 1.29 is 9.53 Å². The third-order valence-electron chi connectivity index (χ3n) is 3.77. The number of rotatable bonds is 7. The fourth-order valence-corrected chi connectivity index (χ4v) is 2.75. The maximum atomic E-state index is 12.0. The van der Waals surface area contributed by atoms with Crippen LogP contribution in [0.5, 0.6) is 5.75 Å². The quantitative estimate of drug-likeness (QED) is 0.701. The summed E-state index contributed by atoms with van der Waals surface area (Å²) < 4.78 is 5.87. The van der Waals surface area contributed by atoms with Crippen LogP contribution in [0.15, 0.2) is 48.5 Å². The van der Waals surface area contributed by atoms with Crippen molar-refractivity contribution in [3.63, 3.8) is 0 Å². The molecule has 134 valence electrons. The molecule has 0 spiro atoms. The van der Waals surface area contributed by atoms with Gasteiger partial charge < -0.3 is 15.4 Å². The molecule has 5 heteroatoms. The highest BCUT2D eigenvalue weighted by atomic mass is 35.5. The Morgan fingerprint density at radius 2 is 1.88 bits per heavy atom. The molecule has 1 unspecified atom stereocenters. The van der Waals surface area contributed by atoms with Gasteiger partial charge in [-0.1, -0.05) is 55.8 Å². The van der Waals surface area contributed by atoms with Gasteiger partial charge in [0.05, 0.1) is 0 Å². The van der Waals surface area contributed by atoms with Gasteiger partial charge in [0.15, 0.2) is 6.23 Å². The van der Waals surface area contributed by atoms with E-state index in [9.17, 15) is 4.79 Å². The van der Waals surface area contributed by atoms with E-state index in [1.807, 2.05) is 55.5 Å². The van der Waals surface area contributed by atoms with Gasteiger partial charge in [-0.25, -0.2) is 4.79 Å². The monoisotopic (exact) mass is 360 g/mol. The molecule has 0 bridgehead atoms. The van der Waals surface area contributed by atoms with Gasteiger partial charge >= 0.3 is 6.03 Å². The van der Waals surface area contributed by atoms with E-state index in [4.69, 9.17) is 16.3 Å². The highest BCUT2D eigenvalue weighted by Crippen LogP contribution is 2.26. The number of nitrogens with one attached hydrogen (secondary N) is 2. The van der Waals surface area contributed by atoms with Gasteiger partial charge in [-0.3, -0.25) is 0 Å². The second-order valence-electron chi connectivity index (χ2n) is 6.23. The van der Waals surface area contributed by atoms with Crippen molar-refractivity contribution in [3.05, 3.63) is 64.7 Å². The minimum atomic E-state index is -0.425. The second kappa shape index (κ2) is 9.33. The minimum absolute atomic E-state index is 0.253. The Morgan fingerprint density at radius 3 is 2.60 bits per heavy atom. The number of urea groups is 1. The lowest BCUT2D eigenvalue weighted by Crippen LogP contribution is -2.44. The molecule has 2 N–H and O–H groups in total. The first-order valence-corrected chi connectivity index (χ1v) is 8.88. The first kappa shape index (κ1) is 19.1. The lowest BCUT2D eigenvalue weighted by atomic mass is 10.0. The standard InChI is InChI=1S/C20H25ClN2O2/c1-14(2)18-9-4-5-10-19(18)25-15(3)23-20(24)22-12-11-16-7-6-8-17(21)13-16/h4-10,13-15H,11-12H2,1-3H3,(H2,22,23,24). The molecular weight excluding hydrogens is 336 g/mol. The van der Waals surface area contributed by atoms with Crippen molar-refractivity contribution in [2.24, 2.45) is 0 Å². The Hall–Kier alpha value is -2.20. The molecule has 0 heterocycles. The van der Waals surface area contributed by atoms with E-state index in [2.05, 4.69) is 24.5 Å². The van der Waals surface area contributed by atoms with Crippen LogP contribution < -0.4 is 15.4 Å². The van der Waals surface area contributed by atoms with Crippen molar-refractivity contribution in [1.82, 2.24) is 10.6 Å². The van der Waals surface area contributed by atoms with Gasteiger partial charge in [-0.05, 0) is 48.6 Å². The van der Waals surface area contributed by atoms with Crippen LogP contribution in [0.1, 0.15) is 37.8 Å². The van der Waals surface area contributed by atoms with E-state index < -0.39 is 6.23 Å². The molecule has 25 heavy (non-hydrogen) atoms. The van der Waals surface area contributed by atoms with Crippen LogP contribution in [0.25, 0.3) is 0 Å². The number of halogens is 1. The molecule has 2 amide bonds. The summed E-state index contributed by atoms with van der Waals surface area (Å²) in [4.78, 5) is 12.0. The van der Waals surface area contributed by atoms with Gasteiger partial charge in [0.25, 0.3) is 0 Å². The van der Waals surface area contributed by atoms with E-state index in [0.29, 0.717) is 17.5 Å². The molecule has 4 nitrogen and oxygen atoms in total. The third-order valence-corrected chi connectivity index (χ3v) is 4.00. The maximum absolute atomic E-state index is 12.0. The molecule has 0 saturated heterocycles. The van der Waals surface area contributed by atoms with Crippen LogP contribution in [-0.4, -0.2) is 18.8 Å². The first-order chi connectivity index (χ1) is 12.0. The van der Waals surface area contributed by atoms with Crippen LogP contribution in [0.4, 0.5) is 4.79 Å². The number of para-hydroxylation sites is 1. The molecule has 0 fully saturated rings. The summed E-state index contributed by atoms with van der Waals surface area (Å²) in [5.41, 5.74) is 2.21. The van der Waals surface area contributed by atoms with Gasteiger partial charge in [0.1, 0.15) is 5.75 Å². The number of ether oxygens (including phenoxy) is 1. The zero-order chi connectivity index (χ0) is 18.2. The Balaban J connectivity index is 1.78. The summed E-state index contributed by atoms with van der Waals surface area (Å²) in [6.45, 7) is 6.57. The minimum Gasteiger partial charge on any atom is -0.471 e. The maximum Gasteiger partial charge on any atom is 0.317 e. The predicted molar refractivity (Wildman–Crippen MR) is 102 cm³/mol. The van der Waals surface area contributed by atoms with E-state index in [1.165, 1.54) is 0 Å². The number of hydrogen-bond acceptors (Lipinski definition) is 2. The largest absolute Gasteiger partial charge is 0.471 e. The molecule has 0 aliphatic rings. The van der Waals surface area contributed by atoms with Crippen LogP contribution in [0, 0.1) is 0 Å². The number of carbonyl (C=O) groups is 1. The summed E-state index contributed by atoms with van der Waals surface area (Å²) >= 11 is 5.95. The van der Waals surface area contributed by atoms with Crippen molar-refractivity contribution in [3.8, 4) is 5.75 Å². The van der Waals surface area contributed by atoms with Crippen molar-refractivity contribution >= 4 is 17.6 Å². The predicted octanol–water partition coefficient (Wildman–Crippen LogP) is 4.73. The Kier molecular flexibility index (Phi) is 7.14. The molecular formula is C20H25ClN2O2. The van der Waals surface area contributed by atoms with E-state index in [-0.39, 0.29) is 6.03 Å². The Bertz CT molecular complexity index is 704. The van der Waals surface area contributed by atoms with Crippen LogP contribution in [0.3, 0.4) is 0 Å². The zero-order valence-electron chi connectivity index (χ0n) is 14.9. The Labute approximate surface area is 154 Å². The van der Waals surface area contributed by atoms with Gasteiger partial charge in [-0.15, -0.1) is 0 Å². The van der Waals surface area contributed by atoms with Crippen LogP contribution in [-0.2, 0) is 6.42 Å². The summed E-state index contributed by atoms with van der Waals surface area (Å²) in [6.07, 6.45) is 0.297. The lowest BCUT2D eigenvalue weighted by molar-refractivity contribution is 0.175. The van der Waals surface area contributed by atoms with E-state index in [0.717, 1.165) is 23.3 Å². The summed E-state index contributed by atoms with van der Waals surface area (Å²) in [7, 11) is 0. The van der Waals surface area contributed by atoms with E-state index in [1.54, 1.807) is 0 Å². The zero-order valence-corrected chi connectivity index (χ0v) is 15.6. The number of amides is 2. The third kappa shape index (κ3) is 6.31. The van der Waals surface area contributed by atoms with Crippen molar-refractivity contribution in [2.75, 3.05) is 6.54 Å². The highest BCUT2D eigenvalue weighted by Gasteiger charge is 2.12. The van der Waals surface area contributed by atoms with Gasteiger partial charge in [0, 0.05) is 11.6 Å². The number of carbonyl (C=O) groups excluding carboxylic acids is 1. The molecule has 0 saturated carbocycles. The summed E-state index contributed by atoms with van der Waals surface area (Å²) in [5.74, 6) is 1.15. The molecule has 0 aliphatic carbocycles. The molecule has 0 aliphatic heterocycles. The molecule has 0 aromatic heterocycles. The average molecular weight is 361 g/mol. The number of hydrogen-bond donors (Lipinski definition) is 2. The molecule has 1 atom stereocenters. The number of benzene rings is 2. The van der Waals surface area contributed by atoms with Gasteiger partial charge in [0.2, 0.25) is 0 Å². The summed E-state index contributed by atoms with van der Waals surface area (Å²) in [5, 5.41) is 6.33. The normalized spacial score (nSPS) is 11.9. The lowest BCUT2D eigenvalue weighted by Gasteiger charge is -2.20. The van der Waals surface area contributed by atoms with Crippen LogP contribution >= 0.6 is 11.6 Å². The van der Waals surface area contributed by atoms with E-state index >= 15 is 0 Å². The SMILES string of the molecule is CC(NC(=O)NCCc1cccc(Cl)c1)Oc1ccccc1C(C)C. The molecule has 0 radical (unpaired) electrons. The molecule has 2 aromatic rings.